The maximum atomic E-state index is 11.8. The molecule has 2 rings (SSSR count). The van der Waals surface area contributed by atoms with Crippen LogP contribution >= 0.6 is 0 Å². The minimum absolute atomic E-state index is 0.0506. The molecule has 3 N–H and O–H groups in total. The number of hydrogen-bond acceptors (Lipinski definition) is 5. The van der Waals surface area contributed by atoms with Crippen molar-refractivity contribution in [2.45, 2.75) is 12.5 Å². The summed E-state index contributed by atoms with van der Waals surface area (Å²) in [6.45, 7) is 0.462. The zero-order chi connectivity index (χ0) is 12.3. The van der Waals surface area contributed by atoms with E-state index in [2.05, 4.69) is 25.9 Å². The SMILES string of the molecule is CNc1cncc(C(=O)NC2CNC(=O)C2)n1. The molecule has 2 amide bonds. The standard InChI is InChI=1S/C10H13N5O2/c1-11-8-5-12-4-7(15-8)10(17)14-6-2-9(16)13-3-6/h4-6H,2-3H2,1H3,(H,11,15)(H,13,16)(H,14,17). The summed E-state index contributed by atoms with van der Waals surface area (Å²) in [7, 11) is 1.70. The van der Waals surface area contributed by atoms with E-state index >= 15 is 0 Å². The third-order valence-corrected chi connectivity index (χ3v) is 2.44. The number of carbonyl (C=O) groups excluding carboxylic acids is 2. The normalized spacial score (nSPS) is 18.6. The Balaban J connectivity index is 2.01. The highest BCUT2D eigenvalue weighted by Crippen LogP contribution is 2.03. The van der Waals surface area contributed by atoms with Crippen molar-refractivity contribution in [2.24, 2.45) is 0 Å². The molecule has 1 unspecified atom stereocenters. The van der Waals surface area contributed by atoms with Gasteiger partial charge in [0, 0.05) is 20.0 Å². The van der Waals surface area contributed by atoms with Gasteiger partial charge in [-0.25, -0.2) is 4.98 Å². The number of rotatable bonds is 3. The molecule has 0 aromatic carbocycles. The van der Waals surface area contributed by atoms with Crippen LogP contribution in [0.3, 0.4) is 0 Å². The van der Waals surface area contributed by atoms with Crippen molar-refractivity contribution in [3.63, 3.8) is 0 Å². The monoisotopic (exact) mass is 235 g/mol. The van der Waals surface area contributed by atoms with Crippen LogP contribution in [0, 0.1) is 0 Å². The second kappa shape index (κ2) is 4.77. The number of nitrogens with zero attached hydrogens (tertiary/aromatic N) is 2. The molecule has 0 radical (unpaired) electrons. The van der Waals surface area contributed by atoms with Crippen LogP contribution in [0.4, 0.5) is 5.82 Å². The van der Waals surface area contributed by atoms with Crippen molar-refractivity contribution in [3.8, 4) is 0 Å². The molecular formula is C10H13N5O2. The molecule has 1 aliphatic rings. The molecule has 7 nitrogen and oxygen atoms in total. The summed E-state index contributed by atoms with van der Waals surface area (Å²) in [6.07, 6.45) is 3.22. The Bertz CT molecular complexity index is 448. The number of hydrogen-bond donors (Lipinski definition) is 3. The van der Waals surface area contributed by atoms with Gasteiger partial charge in [-0.3, -0.25) is 14.6 Å². The van der Waals surface area contributed by atoms with Gasteiger partial charge in [0.25, 0.3) is 5.91 Å². The van der Waals surface area contributed by atoms with Gasteiger partial charge in [-0.15, -0.1) is 0 Å². The van der Waals surface area contributed by atoms with Crippen LogP contribution in [0.15, 0.2) is 12.4 Å². The average molecular weight is 235 g/mol. The second-order valence-electron chi connectivity index (χ2n) is 3.72. The Kier molecular flexibility index (Phi) is 3.17. The number of anilines is 1. The smallest absolute Gasteiger partial charge is 0.271 e. The lowest BCUT2D eigenvalue weighted by Crippen LogP contribution is -2.36. The molecule has 2 heterocycles. The van der Waals surface area contributed by atoms with Gasteiger partial charge < -0.3 is 16.0 Å². The molecule has 0 spiro atoms. The molecule has 90 valence electrons. The van der Waals surface area contributed by atoms with Gasteiger partial charge in [0.15, 0.2) is 0 Å². The van der Waals surface area contributed by atoms with E-state index in [9.17, 15) is 9.59 Å². The number of amides is 2. The lowest BCUT2D eigenvalue weighted by atomic mass is 10.2. The van der Waals surface area contributed by atoms with Gasteiger partial charge >= 0.3 is 0 Å². The van der Waals surface area contributed by atoms with Crippen LogP contribution in [0.1, 0.15) is 16.9 Å². The van der Waals surface area contributed by atoms with E-state index in [0.29, 0.717) is 18.8 Å². The van der Waals surface area contributed by atoms with E-state index < -0.39 is 0 Å². The summed E-state index contributed by atoms with van der Waals surface area (Å²) < 4.78 is 0. The van der Waals surface area contributed by atoms with Crippen LogP contribution in [0.25, 0.3) is 0 Å². The van der Waals surface area contributed by atoms with Crippen molar-refractivity contribution < 1.29 is 9.59 Å². The van der Waals surface area contributed by atoms with Crippen molar-refractivity contribution in [3.05, 3.63) is 18.1 Å². The van der Waals surface area contributed by atoms with E-state index in [1.54, 1.807) is 7.05 Å². The quantitative estimate of drug-likeness (QED) is 0.633. The van der Waals surface area contributed by atoms with E-state index in [-0.39, 0.29) is 23.6 Å². The molecule has 7 heteroatoms. The first-order chi connectivity index (χ1) is 8.19. The highest BCUT2D eigenvalue weighted by Gasteiger charge is 2.23. The summed E-state index contributed by atoms with van der Waals surface area (Å²) in [6, 6.07) is -0.171. The minimum Gasteiger partial charge on any atom is -0.372 e. The van der Waals surface area contributed by atoms with Gasteiger partial charge in [0.05, 0.1) is 18.4 Å². The minimum atomic E-state index is -0.323. The molecule has 0 aliphatic carbocycles. The zero-order valence-corrected chi connectivity index (χ0v) is 9.36. The first kappa shape index (κ1) is 11.3. The summed E-state index contributed by atoms with van der Waals surface area (Å²) in [5.74, 6) is 0.153. The number of nitrogens with one attached hydrogen (secondary N) is 3. The van der Waals surface area contributed by atoms with E-state index in [4.69, 9.17) is 0 Å². The van der Waals surface area contributed by atoms with Crippen molar-refractivity contribution in [1.82, 2.24) is 20.6 Å². The third kappa shape index (κ3) is 2.68. The van der Waals surface area contributed by atoms with Gasteiger partial charge in [0.2, 0.25) is 5.91 Å². The largest absolute Gasteiger partial charge is 0.372 e. The molecule has 1 aliphatic heterocycles. The van der Waals surface area contributed by atoms with Crippen LogP contribution in [-0.4, -0.2) is 41.4 Å². The Hall–Kier alpha value is -2.18. The van der Waals surface area contributed by atoms with Crippen molar-refractivity contribution in [2.75, 3.05) is 18.9 Å². The van der Waals surface area contributed by atoms with Crippen LogP contribution in [0.2, 0.25) is 0 Å². The van der Waals surface area contributed by atoms with Crippen LogP contribution in [0.5, 0.6) is 0 Å². The Morgan fingerprint density at radius 3 is 3.00 bits per heavy atom. The van der Waals surface area contributed by atoms with Gasteiger partial charge in [-0.1, -0.05) is 0 Å². The summed E-state index contributed by atoms with van der Waals surface area (Å²) in [5, 5.41) is 8.17. The fourth-order valence-corrected chi connectivity index (χ4v) is 1.56. The summed E-state index contributed by atoms with van der Waals surface area (Å²) in [4.78, 5) is 30.7. The maximum Gasteiger partial charge on any atom is 0.271 e. The Labute approximate surface area is 98.0 Å². The highest BCUT2D eigenvalue weighted by molar-refractivity contribution is 5.93. The molecule has 0 saturated carbocycles. The van der Waals surface area contributed by atoms with Gasteiger partial charge in [0.1, 0.15) is 11.5 Å². The van der Waals surface area contributed by atoms with Crippen LogP contribution in [-0.2, 0) is 4.79 Å². The molecule has 1 aromatic heterocycles. The lowest BCUT2D eigenvalue weighted by molar-refractivity contribution is -0.119. The van der Waals surface area contributed by atoms with Crippen molar-refractivity contribution >= 4 is 17.6 Å². The fourth-order valence-electron chi connectivity index (χ4n) is 1.56. The Morgan fingerprint density at radius 1 is 1.53 bits per heavy atom. The zero-order valence-electron chi connectivity index (χ0n) is 9.36. The summed E-state index contributed by atoms with van der Waals surface area (Å²) in [5.41, 5.74) is 0.233. The Morgan fingerprint density at radius 2 is 2.35 bits per heavy atom. The number of carbonyl (C=O) groups is 2. The second-order valence-corrected chi connectivity index (χ2v) is 3.72. The van der Waals surface area contributed by atoms with Gasteiger partial charge in [-0.2, -0.15) is 0 Å². The third-order valence-electron chi connectivity index (χ3n) is 2.44. The van der Waals surface area contributed by atoms with E-state index in [1.165, 1.54) is 12.4 Å². The van der Waals surface area contributed by atoms with Crippen LogP contribution < -0.4 is 16.0 Å². The average Bonchev–Trinajstić information content (AvgIpc) is 2.75. The predicted octanol–water partition coefficient (Wildman–Crippen LogP) is -0.863. The molecule has 0 bridgehead atoms. The molecular weight excluding hydrogens is 222 g/mol. The molecule has 1 aromatic rings. The maximum absolute atomic E-state index is 11.8. The van der Waals surface area contributed by atoms with E-state index in [0.717, 1.165) is 0 Å². The lowest BCUT2D eigenvalue weighted by Gasteiger charge is -2.09. The highest BCUT2D eigenvalue weighted by atomic mass is 16.2. The van der Waals surface area contributed by atoms with Crippen molar-refractivity contribution in [1.29, 1.82) is 0 Å². The topological polar surface area (TPSA) is 96.0 Å². The summed E-state index contributed by atoms with van der Waals surface area (Å²) >= 11 is 0. The molecule has 1 atom stereocenters. The first-order valence-electron chi connectivity index (χ1n) is 5.26. The molecule has 1 saturated heterocycles. The predicted molar refractivity (Wildman–Crippen MR) is 60.5 cm³/mol. The molecule has 17 heavy (non-hydrogen) atoms. The van der Waals surface area contributed by atoms with E-state index in [1.807, 2.05) is 0 Å². The first-order valence-corrected chi connectivity index (χ1v) is 5.26. The van der Waals surface area contributed by atoms with Gasteiger partial charge in [-0.05, 0) is 0 Å². The fraction of sp³-hybridized carbons (Fsp3) is 0.400. The molecule has 1 fully saturated rings. The number of aromatic nitrogens is 2.